The lowest BCUT2D eigenvalue weighted by Gasteiger charge is -2.03. The summed E-state index contributed by atoms with van der Waals surface area (Å²) in [6, 6.07) is 0. The molecule has 1 heterocycles. The van der Waals surface area contributed by atoms with Crippen molar-refractivity contribution in [2.24, 2.45) is 0 Å². The number of nitrogens with zero attached hydrogens (tertiary/aromatic N) is 2. The van der Waals surface area contributed by atoms with Gasteiger partial charge >= 0.3 is 0 Å². The van der Waals surface area contributed by atoms with Gasteiger partial charge in [-0.3, -0.25) is 9.97 Å². The number of aromatic nitrogens is 2. The maximum Gasteiger partial charge on any atom is 0.0622 e. The molecule has 0 saturated carbocycles. The SMILES string of the molecule is PCCc1nccnc1CCP. The molecule has 0 aliphatic carbocycles. The number of hydrogen-bond donors (Lipinski definition) is 0. The van der Waals surface area contributed by atoms with Crippen LogP contribution in [0.3, 0.4) is 0 Å². The van der Waals surface area contributed by atoms with Crippen molar-refractivity contribution >= 4 is 18.5 Å². The zero-order valence-corrected chi connectivity index (χ0v) is 9.34. The minimum Gasteiger partial charge on any atom is -0.258 e. The normalized spacial score (nSPS) is 10.2. The molecule has 0 radical (unpaired) electrons. The lowest BCUT2D eigenvalue weighted by molar-refractivity contribution is 0.913. The molecule has 12 heavy (non-hydrogen) atoms. The third-order valence-electron chi connectivity index (χ3n) is 1.62. The summed E-state index contributed by atoms with van der Waals surface area (Å²) in [5.74, 6) is 0. The zero-order valence-electron chi connectivity index (χ0n) is 7.03. The molecule has 0 bridgehead atoms. The Labute approximate surface area is 78.0 Å². The van der Waals surface area contributed by atoms with E-state index >= 15 is 0 Å². The van der Waals surface area contributed by atoms with Crippen LogP contribution >= 0.6 is 18.5 Å². The van der Waals surface area contributed by atoms with Crippen LogP contribution in [0, 0.1) is 0 Å². The van der Waals surface area contributed by atoms with Crippen molar-refractivity contribution in [1.82, 2.24) is 9.97 Å². The third-order valence-corrected chi connectivity index (χ3v) is 2.20. The van der Waals surface area contributed by atoms with E-state index in [4.69, 9.17) is 0 Å². The van der Waals surface area contributed by atoms with Gasteiger partial charge in [0.15, 0.2) is 0 Å². The van der Waals surface area contributed by atoms with Crippen molar-refractivity contribution in [3.63, 3.8) is 0 Å². The van der Waals surface area contributed by atoms with Crippen LogP contribution in [0.2, 0.25) is 0 Å². The zero-order chi connectivity index (χ0) is 8.81. The standard InChI is InChI=1S/C8H14N2P2/c11-5-1-7-8(2-6-12)10-4-3-9-7/h3-4H,1-2,5-6,11-12H2. The predicted octanol–water partition coefficient (Wildman–Crippen LogP) is 1.31. The highest BCUT2D eigenvalue weighted by Crippen LogP contribution is 2.06. The Morgan fingerprint density at radius 1 is 0.917 bits per heavy atom. The average molecular weight is 200 g/mol. The molecule has 66 valence electrons. The molecule has 1 rings (SSSR count). The van der Waals surface area contributed by atoms with Gasteiger partial charge in [-0.15, -0.1) is 18.5 Å². The van der Waals surface area contributed by atoms with E-state index < -0.39 is 0 Å². The fraction of sp³-hybridized carbons (Fsp3) is 0.500. The molecule has 2 atom stereocenters. The van der Waals surface area contributed by atoms with E-state index in [0.717, 1.165) is 36.6 Å². The second kappa shape index (κ2) is 5.56. The number of hydrogen-bond acceptors (Lipinski definition) is 2. The van der Waals surface area contributed by atoms with Crippen molar-refractivity contribution in [2.45, 2.75) is 12.8 Å². The summed E-state index contributed by atoms with van der Waals surface area (Å²) in [6.45, 7) is 0. The fourth-order valence-electron chi connectivity index (χ4n) is 1.09. The molecule has 1 aromatic heterocycles. The Hall–Kier alpha value is -0.0600. The van der Waals surface area contributed by atoms with Gasteiger partial charge in [0.05, 0.1) is 11.4 Å². The molecule has 0 spiro atoms. The van der Waals surface area contributed by atoms with Crippen molar-refractivity contribution in [3.05, 3.63) is 23.8 Å². The first kappa shape index (κ1) is 10.0. The van der Waals surface area contributed by atoms with Gasteiger partial charge < -0.3 is 0 Å². The summed E-state index contributed by atoms with van der Waals surface area (Å²) in [4.78, 5) is 8.60. The van der Waals surface area contributed by atoms with E-state index in [1.807, 2.05) is 0 Å². The van der Waals surface area contributed by atoms with Crippen molar-refractivity contribution in [3.8, 4) is 0 Å². The van der Waals surface area contributed by atoms with E-state index in [1.165, 1.54) is 0 Å². The molecular formula is C8H14N2P2. The number of aryl methyl sites for hydroxylation is 2. The smallest absolute Gasteiger partial charge is 0.0622 e. The van der Waals surface area contributed by atoms with Crippen molar-refractivity contribution in [1.29, 1.82) is 0 Å². The summed E-state index contributed by atoms with van der Waals surface area (Å²) in [5, 5.41) is 0. The first-order valence-electron chi connectivity index (χ1n) is 4.07. The minimum absolute atomic E-state index is 1.01. The van der Waals surface area contributed by atoms with Gasteiger partial charge in [-0.25, -0.2) is 0 Å². The summed E-state index contributed by atoms with van der Waals surface area (Å²) in [5.41, 5.74) is 2.30. The van der Waals surface area contributed by atoms with E-state index in [0.29, 0.717) is 0 Å². The van der Waals surface area contributed by atoms with Gasteiger partial charge in [0, 0.05) is 12.4 Å². The van der Waals surface area contributed by atoms with Gasteiger partial charge in [-0.1, -0.05) is 0 Å². The van der Waals surface area contributed by atoms with Crippen LogP contribution in [0.25, 0.3) is 0 Å². The first-order valence-corrected chi connectivity index (χ1v) is 5.70. The van der Waals surface area contributed by atoms with Gasteiger partial charge in [0.25, 0.3) is 0 Å². The fourth-order valence-corrected chi connectivity index (χ4v) is 1.63. The Kier molecular flexibility index (Phi) is 4.65. The van der Waals surface area contributed by atoms with Crippen LogP contribution in [0.4, 0.5) is 0 Å². The second-order valence-corrected chi connectivity index (χ2v) is 3.68. The topological polar surface area (TPSA) is 25.8 Å². The van der Waals surface area contributed by atoms with Gasteiger partial charge in [0.1, 0.15) is 0 Å². The molecule has 0 fully saturated rings. The van der Waals surface area contributed by atoms with Gasteiger partial charge in [-0.05, 0) is 25.2 Å². The van der Waals surface area contributed by atoms with Crippen LogP contribution in [0.5, 0.6) is 0 Å². The van der Waals surface area contributed by atoms with Crippen LogP contribution < -0.4 is 0 Å². The summed E-state index contributed by atoms with van der Waals surface area (Å²) in [6.07, 6.45) is 7.67. The van der Waals surface area contributed by atoms with Crippen LogP contribution in [-0.2, 0) is 12.8 Å². The van der Waals surface area contributed by atoms with E-state index in [-0.39, 0.29) is 0 Å². The van der Waals surface area contributed by atoms with E-state index in [9.17, 15) is 0 Å². The maximum absolute atomic E-state index is 4.30. The van der Waals surface area contributed by atoms with Crippen LogP contribution in [-0.4, -0.2) is 22.3 Å². The Bertz CT molecular complexity index is 215. The molecule has 0 aromatic carbocycles. The van der Waals surface area contributed by atoms with E-state index in [1.54, 1.807) is 12.4 Å². The quantitative estimate of drug-likeness (QED) is 0.685. The summed E-state index contributed by atoms with van der Waals surface area (Å²) in [7, 11) is 5.43. The Morgan fingerprint density at radius 3 is 1.67 bits per heavy atom. The number of rotatable bonds is 4. The lowest BCUT2D eigenvalue weighted by Crippen LogP contribution is -2.01. The second-order valence-electron chi connectivity index (χ2n) is 2.53. The minimum atomic E-state index is 1.01. The van der Waals surface area contributed by atoms with Crippen LogP contribution in [0.15, 0.2) is 12.4 Å². The molecule has 0 saturated heterocycles. The highest BCUT2D eigenvalue weighted by Gasteiger charge is 2.01. The highest BCUT2D eigenvalue weighted by atomic mass is 31.0. The van der Waals surface area contributed by atoms with Crippen molar-refractivity contribution in [2.75, 3.05) is 12.3 Å². The maximum atomic E-state index is 4.30. The molecule has 0 N–H and O–H groups in total. The van der Waals surface area contributed by atoms with Crippen LogP contribution in [0.1, 0.15) is 11.4 Å². The largest absolute Gasteiger partial charge is 0.258 e. The van der Waals surface area contributed by atoms with Gasteiger partial charge in [-0.2, -0.15) is 0 Å². The molecule has 2 unspecified atom stereocenters. The molecule has 0 amide bonds. The molecule has 2 nitrogen and oxygen atoms in total. The predicted molar refractivity (Wildman–Crippen MR) is 58.6 cm³/mol. The Balaban J connectivity index is 2.77. The molecular weight excluding hydrogens is 186 g/mol. The first-order chi connectivity index (χ1) is 5.88. The molecule has 4 heteroatoms. The average Bonchev–Trinajstić information content (AvgIpc) is 2.09. The summed E-state index contributed by atoms with van der Waals surface area (Å²) < 4.78 is 0. The lowest BCUT2D eigenvalue weighted by atomic mass is 10.2. The van der Waals surface area contributed by atoms with Crippen molar-refractivity contribution < 1.29 is 0 Å². The molecule has 1 aromatic rings. The summed E-state index contributed by atoms with van der Waals surface area (Å²) >= 11 is 0. The van der Waals surface area contributed by atoms with E-state index in [2.05, 4.69) is 28.4 Å². The monoisotopic (exact) mass is 200 g/mol. The molecule has 0 aliphatic rings. The molecule has 0 aliphatic heterocycles. The Morgan fingerprint density at radius 2 is 1.33 bits per heavy atom. The van der Waals surface area contributed by atoms with Gasteiger partial charge in [0.2, 0.25) is 0 Å². The highest BCUT2D eigenvalue weighted by molar-refractivity contribution is 7.16. The third kappa shape index (κ3) is 2.77.